The van der Waals surface area contributed by atoms with Crippen LogP contribution in [0.15, 0.2) is 42.5 Å². The molecule has 1 rings (SSSR count). The van der Waals surface area contributed by atoms with Crippen LogP contribution in [0.2, 0.25) is 0 Å². The highest BCUT2D eigenvalue weighted by molar-refractivity contribution is 5.68. The molecule has 1 aromatic rings. The fourth-order valence-electron chi connectivity index (χ4n) is 1.48. The topological polar surface area (TPSA) is 38.3 Å². The van der Waals surface area contributed by atoms with E-state index in [1.165, 1.54) is 0 Å². The summed E-state index contributed by atoms with van der Waals surface area (Å²) in [6.07, 6.45) is 0.416. The Hall–Kier alpha value is -1.77. The van der Waals surface area contributed by atoms with Crippen molar-refractivity contribution in [1.29, 1.82) is 0 Å². The van der Waals surface area contributed by atoms with Crippen LogP contribution in [0.3, 0.4) is 0 Å². The first-order valence-corrected chi connectivity index (χ1v) is 5.76. The average molecular weight is 233 g/mol. The third-order valence-electron chi connectivity index (χ3n) is 2.51. The van der Waals surface area contributed by atoms with Gasteiger partial charge in [-0.1, -0.05) is 49.4 Å². The molecule has 0 fully saturated rings. The molecule has 0 aliphatic carbocycles. The van der Waals surface area contributed by atoms with Gasteiger partial charge in [0.15, 0.2) is 0 Å². The zero-order chi connectivity index (χ0) is 12.7. The number of benzene rings is 1. The fourth-order valence-corrected chi connectivity index (χ4v) is 1.48. The Morgan fingerprint density at radius 3 is 2.59 bits per heavy atom. The molecule has 0 unspecified atom stereocenters. The Bertz CT molecular complexity index is 373. The van der Waals surface area contributed by atoms with Crippen LogP contribution >= 0.6 is 0 Å². The predicted molar refractivity (Wildman–Crippen MR) is 68.7 cm³/mol. The molecule has 1 atom stereocenters. The number of hydrogen-bond donors (Lipinski definition) is 1. The van der Waals surface area contributed by atoms with E-state index in [9.17, 15) is 4.79 Å². The van der Waals surface area contributed by atoms with Crippen molar-refractivity contribution >= 4 is 6.09 Å². The van der Waals surface area contributed by atoms with Crippen LogP contribution < -0.4 is 5.32 Å². The fraction of sp³-hybridized carbons (Fsp3) is 0.357. The molecule has 0 aliphatic rings. The Kier molecular flexibility index (Phi) is 5.27. The van der Waals surface area contributed by atoms with Gasteiger partial charge in [-0.15, -0.1) is 0 Å². The minimum Gasteiger partial charge on any atom is -0.445 e. The molecular weight excluding hydrogens is 214 g/mol. The highest BCUT2D eigenvalue weighted by Gasteiger charge is 2.11. The molecule has 0 spiro atoms. The first kappa shape index (κ1) is 13.3. The lowest BCUT2D eigenvalue weighted by Crippen LogP contribution is -2.35. The van der Waals surface area contributed by atoms with Crippen LogP contribution in [0.4, 0.5) is 4.79 Å². The van der Waals surface area contributed by atoms with Gasteiger partial charge in [-0.2, -0.15) is 0 Å². The van der Waals surface area contributed by atoms with Crippen LogP contribution in [-0.2, 0) is 11.3 Å². The summed E-state index contributed by atoms with van der Waals surface area (Å²) in [6.45, 7) is 8.01. The molecular formula is C14H19NO2. The van der Waals surface area contributed by atoms with Crippen LogP contribution in [0, 0.1) is 0 Å². The molecule has 0 bridgehead atoms. The lowest BCUT2D eigenvalue weighted by atomic mass is 10.1. The van der Waals surface area contributed by atoms with Gasteiger partial charge in [0.05, 0.1) is 6.04 Å². The van der Waals surface area contributed by atoms with Crippen molar-refractivity contribution in [3.8, 4) is 0 Å². The smallest absolute Gasteiger partial charge is 0.407 e. The van der Waals surface area contributed by atoms with Gasteiger partial charge < -0.3 is 10.1 Å². The summed E-state index contributed by atoms with van der Waals surface area (Å²) in [7, 11) is 0. The molecule has 0 saturated heterocycles. The summed E-state index contributed by atoms with van der Waals surface area (Å²) in [5.41, 5.74) is 1.91. The van der Waals surface area contributed by atoms with E-state index >= 15 is 0 Å². The Balaban J connectivity index is 2.37. The van der Waals surface area contributed by atoms with Crippen molar-refractivity contribution in [3.05, 3.63) is 48.0 Å². The lowest BCUT2D eigenvalue weighted by Gasteiger charge is -2.16. The SMILES string of the molecule is C=C(C)[C@@H](CC)NC(=O)OCc1ccccc1. The molecule has 0 aliphatic heterocycles. The molecule has 92 valence electrons. The number of carbonyl (C=O) groups is 1. The van der Waals surface area contributed by atoms with Gasteiger partial charge >= 0.3 is 6.09 Å². The third-order valence-corrected chi connectivity index (χ3v) is 2.51. The van der Waals surface area contributed by atoms with E-state index < -0.39 is 6.09 Å². The van der Waals surface area contributed by atoms with Gasteiger partial charge in [0, 0.05) is 0 Å². The largest absolute Gasteiger partial charge is 0.445 e. The maximum atomic E-state index is 11.5. The van der Waals surface area contributed by atoms with Gasteiger partial charge in [-0.25, -0.2) is 4.79 Å². The van der Waals surface area contributed by atoms with Crippen LogP contribution in [0.1, 0.15) is 25.8 Å². The summed E-state index contributed by atoms with van der Waals surface area (Å²) in [5, 5.41) is 2.78. The summed E-state index contributed by atoms with van der Waals surface area (Å²) in [5.74, 6) is 0. The Morgan fingerprint density at radius 1 is 1.41 bits per heavy atom. The second-order valence-corrected chi connectivity index (χ2v) is 4.01. The summed E-state index contributed by atoms with van der Waals surface area (Å²) >= 11 is 0. The van der Waals surface area contributed by atoms with E-state index in [-0.39, 0.29) is 6.04 Å². The van der Waals surface area contributed by atoms with E-state index in [4.69, 9.17) is 4.74 Å². The van der Waals surface area contributed by atoms with E-state index in [1.807, 2.05) is 44.2 Å². The molecule has 3 heteroatoms. The van der Waals surface area contributed by atoms with Gasteiger partial charge in [0.25, 0.3) is 0 Å². The normalized spacial score (nSPS) is 11.6. The molecule has 3 nitrogen and oxygen atoms in total. The van der Waals surface area contributed by atoms with Gasteiger partial charge in [0.2, 0.25) is 0 Å². The molecule has 1 aromatic carbocycles. The van der Waals surface area contributed by atoms with Crippen LogP contribution in [0.25, 0.3) is 0 Å². The molecule has 0 aromatic heterocycles. The first-order chi connectivity index (χ1) is 8.13. The van der Waals surface area contributed by atoms with Crippen LogP contribution in [-0.4, -0.2) is 12.1 Å². The van der Waals surface area contributed by atoms with Gasteiger partial charge in [-0.3, -0.25) is 0 Å². The maximum absolute atomic E-state index is 11.5. The van der Waals surface area contributed by atoms with Crippen molar-refractivity contribution in [2.45, 2.75) is 32.9 Å². The standard InChI is InChI=1S/C14H19NO2/c1-4-13(11(2)3)15-14(16)17-10-12-8-6-5-7-9-12/h5-9,13H,2,4,10H2,1,3H3,(H,15,16)/t13-/m1/s1. The summed E-state index contributed by atoms with van der Waals surface area (Å²) < 4.78 is 5.12. The number of rotatable bonds is 5. The molecule has 1 N–H and O–H groups in total. The zero-order valence-corrected chi connectivity index (χ0v) is 10.4. The predicted octanol–water partition coefficient (Wildman–Crippen LogP) is 3.27. The summed E-state index contributed by atoms with van der Waals surface area (Å²) in [6, 6.07) is 9.58. The second kappa shape index (κ2) is 6.74. The van der Waals surface area contributed by atoms with Crippen molar-refractivity contribution < 1.29 is 9.53 Å². The van der Waals surface area contributed by atoms with E-state index in [0.29, 0.717) is 6.61 Å². The average Bonchev–Trinajstić information content (AvgIpc) is 2.34. The van der Waals surface area contributed by atoms with Crippen molar-refractivity contribution in [1.82, 2.24) is 5.32 Å². The lowest BCUT2D eigenvalue weighted by molar-refractivity contribution is 0.137. The van der Waals surface area contributed by atoms with Crippen molar-refractivity contribution in [2.24, 2.45) is 0 Å². The maximum Gasteiger partial charge on any atom is 0.407 e. The highest BCUT2D eigenvalue weighted by Crippen LogP contribution is 2.04. The molecule has 1 amide bonds. The minimum atomic E-state index is -0.399. The Labute approximate surface area is 102 Å². The minimum absolute atomic E-state index is 0.0155. The molecule has 0 saturated carbocycles. The first-order valence-electron chi connectivity index (χ1n) is 5.76. The van der Waals surface area contributed by atoms with E-state index in [1.54, 1.807) is 0 Å². The van der Waals surface area contributed by atoms with Gasteiger partial charge in [0.1, 0.15) is 6.61 Å². The number of alkyl carbamates (subject to hydrolysis) is 1. The molecule has 0 radical (unpaired) electrons. The number of carbonyl (C=O) groups excluding carboxylic acids is 1. The van der Waals surface area contributed by atoms with E-state index in [0.717, 1.165) is 17.6 Å². The Morgan fingerprint density at radius 2 is 2.06 bits per heavy atom. The number of hydrogen-bond acceptors (Lipinski definition) is 2. The van der Waals surface area contributed by atoms with Gasteiger partial charge in [-0.05, 0) is 18.9 Å². The number of ether oxygens (including phenoxy) is 1. The quantitative estimate of drug-likeness (QED) is 0.793. The highest BCUT2D eigenvalue weighted by atomic mass is 16.5. The monoisotopic (exact) mass is 233 g/mol. The second-order valence-electron chi connectivity index (χ2n) is 4.01. The van der Waals surface area contributed by atoms with Crippen molar-refractivity contribution in [3.63, 3.8) is 0 Å². The third kappa shape index (κ3) is 4.72. The van der Waals surface area contributed by atoms with Crippen molar-refractivity contribution in [2.75, 3.05) is 0 Å². The summed E-state index contributed by atoms with van der Waals surface area (Å²) in [4.78, 5) is 11.5. The van der Waals surface area contributed by atoms with E-state index in [2.05, 4.69) is 11.9 Å². The zero-order valence-electron chi connectivity index (χ0n) is 10.4. The number of amides is 1. The van der Waals surface area contributed by atoms with Crippen LogP contribution in [0.5, 0.6) is 0 Å². The molecule has 17 heavy (non-hydrogen) atoms. The molecule has 0 heterocycles. The number of nitrogens with one attached hydrogen (secondary N) is 1.